The molecule has 12 heteroatoms. The lowest BCUT2D eigenvalue weighted by Gasteiger charge is -2.12. The smallest absolute Gasteiger partial charge is 0.312 e. The van der Waals surface area contributed by atoms with E-state index in [1.807, 2.05) is 32.9 Å². The molecule has 200 valence electrons. The summed E-state index contributed by atoms with van der Waals surface area (Å²) in [4.78, 5) is 41.5. The molecule has 1 aromatic heterocycles. The van der Waals surface area contributed by atoms with Crippen LogP contribution in [0.15, 0.2) is 73.4 Å². The van der Waals surface area contributed by atoms with Crippen molar-refractivity contribution in [2.75, 3.05) is 11.9 Å². The van der Waals surface area contributed by atoms with Crippen molar-refractivity contribution in [3.05, 3.63) is 101 Å². The quantitative estimate of drug-likeness (QED) is 0.137. The third-order valence-corrected chi connectivity index (χ3v) is 6.76. The highest BCUT2D eigenvalue weighted by atomic mass is 79.9. The maximum absolute atomic E-state index is 13.2. The van der Waals surface area contributed by atoms with E-state index in [1.54, 1.807) is 36.4 Å². The number of rotatable bonds is 8. The van der Waals surface area contributed by atoms with Gasteiger partial charge in [-0.05, 0) is 58.7 Å². The van der Waals surface area contributed by atoms with Crippen LogP contribution in [-0.2, 0) is 4.79 Å². The Balaban J connectivity index is 1.64. The van der Waals surface area contributed by atoms with Gasteiger partial charge < -0.3 is 10.1 Å². The predicted molar refractivity (Wildman–Crippen MR) is 157 cm³/mol. The van der Waals surface area contributed by atoms with Gasteiger partial charge in [-0.1, -0.05) is 48.0 Å². The van der Waals surface area contributed by atoms with E-state index in [1.165, 1.54) is 17.0 Å². The third kappa shape index (κ3) is 6.40. The van der Waals surface area contributed by atoms with E-state index < -0.39 is 17.4 Å². The van der Waals surface area contributed by atoms with Gasteiger partial charge in [-0.15, -0.1) is 0 Å². The number of nitro groups is 1. The standard InChI is InChI=1S/C27H23Br2N5O5/c1-15(2)26-32-22-9-8-18(28)12-19(22)27(36)33(26)30-13-17-10-20(29)25(23(11-17)34(37)38)39-14-24(35)31-21-7-5-4-6-16(21)3/h4-13,15H,14H2,1-3H3,(H,31,35). The van der Waals surface area contributed by atoms with Gasteiger partial charge in [0.25, 0.3) is 11.5 Å². The monoisotopic (exact) mass is 655 g/mol. The summed E-state index contributed by atoms with van der Waals surface area (Å²) < 4.78 is 7.70. The number of nitrogens with zero attached hydrogens (tertiary/aromatic N) is 4. The van der Waals surface area contributed by atoms with Gasteiger partial charge >= 0.3 is 5.69 Å². The van der Waals surface area contributed by atoms with Crippen LogP contribution in [0.4, 0.5) is 11.4 Å². The van der Waals surface area contributed by atoms with Gasteiger partial charge in [0.1, 0.15) is 5.82 Å². The van der Waals surface area contributed by atoms with Crippen LogP contribution in [-0.4, -0.2) is 33.3 Å². The summed E-state index contributed by atoms with van der Waals surface area (Å²) in [5.41, 5.74) is 1.64. The molecule has 0 aliphatic rings. The van der Waals surface area contributed by atoms with Crippen molar-refractivity contribution in [1.29, 1.82) is 0 Å². The number of anilines is 1. The highest BCUT2D eigenvalue weighted by Gasteiger charge is 2.22. The molecule has 0 bridgehead atoms. The number of ether oxygens (including phenoxy) is 1. The lowest BCUT2D eigenvalue weighted by Crippen LogP contribution is -2.23. The summed E-state index contributed by atoms with van der Waals surface area (Å²) in [5.74, 6) is -0.244. The van der Waals surface area contributed by atoms with E-state index >= 15 is 0 Å². The number of nitrogens with one attached hydrogen (secondary N) is 1. The number of halogens is 2. The zero-order chi connectivity index (χ0) is 28.3. The molecule has 0 unspecified atom stereocenters. The number of aryl methyl sites for hydroxylation is 1. The molecule has 0 spiro atoms. The Morgan fingerprint density at radius 3 is 2.64 bits per heavy atom. The molecule has 0 aliphatic carbocycles. The second-order valence-electron chi connectivity index (χ2n) is 8.91. The van der Waals surface area contributed by atoms with Gasteiger partial charge in [0.15, 0.2) is 6.61 Å². The van der Waals surface area contributed by atoms with Crippen molar-refractivity contribution in [1.82, 2.24) is 9.66 Å². The SMILES string of the molecule is Cc1ccccc1NC(=O)COc1c(Br)cc(C=Nn2c(C(C)C)nc3ccc(Br)cc3c2=O)cc1[N+](=O)[O-]. The Kier molecular flexibility index (Phi) is 8.56. The first kappa shape index (κ1) is 28.1. The Bertz CT molecular complexity index is 1680. The molecule has 4 aromatic rings. The molecule has 0 atom stereocenters. The number of fused-ring (bicyclic) bond motifs is 1. The maximum Gasteiger partial charge on any atom is 0.312 e. The summed E-state index contributed by atoms with van der Waals surface area (Å²) in [6.07, 6.45) is 1.34. The molecule has 1 amide bonds. The fraction of sp³-hybridized carbons (Fsp3) is 0.185. The Labute approximate surface area is 240 Å². The highest BCUT2D eigenvalue weighted by molar-refractivity contribution is 9.10. The summed E-state index contributed by atoms with van der Waals surface area (Å²) in [6.45, 7) is 5.19. The minimum Gasteiger partial charge on any atom is -0.476 e. The van der Waals surface area contributed by atoms with Crippen LogP contribution in [0.25, 0.3) is 10.9 Å². The summed E-state index contributed by atoms with van der Waals surface area (Å²) in [7, 11) is 0. The summed E-state index contributed by atoms with van der Waals surface area (Å²) in [6, 6.07) is 15.3. The fourth-order valence-electron chi connectivity index (χ4n) is 3.77. The Morgan fingerprint density at radius 1 is 1.21 bits per heavy atom. The molecule has 1 N–H and O–H groups in total. The first-order valence-electron chi connectivity index (χ1n) is 11.8. The van der Waals surface area contributed by atoms with Crippen molar-refractivity contribution >= 4 is 66.3 Å². The number of amides is 1. The number of benzene rings is 3. The summed E-state index contributed by atoms with van der Waals surface area (Å²) >= 11 is 6.68. The number of hydrogen-bond acceptors (Lipinski definition) is 7. The van der Waals surface area contributed by atoms with Crippen LogP contribution in [0, 0.1) is 17.0 Å². The zero-order valence-electron chi connectivity index (χ0n) is 21.1. The fourth-order valence-corrected chi connectivity index (χ4v) is 4.71. The van der Waals surface area contributed by atoms with Crippen molar-refractivity contribution in [2.45, 2.75) is 26.7 Å². The van der Waals surface area contributed by atoms with Gasteiger partial charge in [-0.2, -0.15) is 9.78 Å². The summed E-state index contributed by atoms with van der Waals surface area (Å²) in [5, 5.41) is 19.3. The number of nitro benzene ring substituents is 1. The minimum atomic E-state index is -0.614. The molecule has 3 aromatic carbocycles. The normalized spacial score (nSPS) is 11.3. The second kappa shape index (κ2) is 11.9. The van der Waals surface area contributed by atoms with Gasteiger partial charge in [0, 0.05) is 27.7 Å². The van der Waals surface area contributed by atoms with E-state index in [0.29, 0.717) is 28.0 Å². The highest BCUT2D eigenvalue weighted by Crippen LogP contribution is 2.36. The van der Waals surface area contributed by atoms with Gasteiger partial charge in [-0.3, -0.25) is 19.7 Å². The first-order chi connectivity index (χ1) is 18.5. The molecule has 0 saturated heterocycles. The topological polar surface area (TPSA) is 129 Å². The van der Waals surface area contributed by atoms with E-state index in [0.717, 1.165) is 10.0 Å². The number of carbonyl (C=O) groups excluding carboxylic acids is 1. The Hall–Kier alpha value is -3.90. The van der Waals surface area contributed by atoms with Gasteiger partial charge in [0.05, 0.1) is 26.5 Å². The van der Waals surface area contributed by atoms with Crippen molar-refractivity contribution in [2.24, 2.45) is 5.10 Å². The van der Waals surface area contributed by atoms with E-state index in [-0.39, 0.29) is 27.4 Å². The van der Waals surface area contributed by atoms with Crippen LogP contribution < -0.4 is 15.6 Å². The molecule has 0 radical (unpaired) electrons. The lowest BCUT2D eigenvalue weighted by molar-refractivity contribution is -0.385. The zero-order valence-corrected chi connectivity index (χ0v) is 24.3. The molecule has 1 heterocycles. The molecular formula is C27H23Br2N5O5. The average Bonchev–Trinajstić information content (AvgIpc) is 2.88. The minimum absolute atomic E-state index is 0.102. The largest absolute Gasteiger partial charge is 0.476 e. The molecule has 39 heavy (non-hydrogen) atoms. The lowest BCUT2D eigenvalue weighted by atomic mass is 10.2. The number of hydrogen-bond donors (Lipinski definition) is 1. The Morgan fingerprint density at radius 2 is 1.95 bits per heavy atom. The van der Waals surface area contributed by atoms with Crippen molar-refractivity contribution in [3.8, 4) is 5.75 Å². The van der Waals surface area contributed by atoms with Crippen LogP contribution in [0.5, 0.6) is 5.75 Å². The molecular weight excluding hydrogens is 634 g/mol. The number of aromatic nitrogens is 2. The first-order valence-corrected chi connectivity index (χ1v) is 13.4. The number of carbonyl (C=O) groups is 1. The van der Waals surface area contributed by atoms with Crippen LogP contribution in [0.3, 0.4) is 0 Å². The predicted octanol–water partition coefficient (Wildman–Crippen LogP) is 6.16. The van der Waals surface area contributed by atoms with E-state index in [2.05, 4.69) is 47.3 Å². The average molecular weight is 657 g/mol. The third-order valence-electron chi connectivity index (χ3n) is 5.68. The van der Waals surface area contributed by atoms with Crippen LogP contribution in [0.1, 0.15) is 36.7 Å². The van der Waals surface area contributed by atoms with E-state index in [9.17, 15) is 19.7 Å². The molecule has 0 saturated carbocycles. The van der Waals surface area contributed by atoms with E-state index in [4.69, 9.17) is 4.74 Å². The van der Waals surface area contributed by atoms with Crippen LogP contribution in [0.2, 0.25) is 0 Å². The van der Waals surface area contributed by atoms with Gasteiger partial charge in [-0.25, -0.2) is 4.98 Å². The second-order valence-corrected chi connectivity index (χ2v) is 10.7. The number of para-hydroxylation sites is 1. The maximum atomic E-state index is 13.2. The molecule has 10 nitrogen and oxygen atoms in total. The van der Waals surface area contributed by atoms with Crippen molar-refractivity contribution in [3.63, 3.8) is 0 Å². The van der Waals surface area contributed by atoms with Crippen molar-refractivity contribution < 1.29 is 14.5 Å². The molecule has 0 fully saturated rings. The molecule has 4 rings (SSSR count). The molecule has 0 aliphatic heterocycles. The van der Waals surface area contributed by atoms with Gasteiger partial charge in [0.2, 0.25) is 5.75 Å². The van der Waals surface area contributed by atoms with Crippen LogP contribution >= 0.6 is 31.9 Å².